The number of nitrogens with zero attached hydrogens (tertiary/aromatic N) is 1. The molecule has 0 bridgehead atoms. The molecule has 0 unspecified atom stereocenters. The molecule has 0 heterocycles. The van der Waals surface area contributed by atoms with E-state index in [1.165, 1.54) is 81.9 Å². The Balaban J connectivity index is 3.12. The van der Waals surface area contributed by atoms with E-state index in [-0.39, 0.29) is 6.09 Å². The highest BCUT2D eigenvalue weighted by molar-refractivity contribution is 5.67. The van der Waals surface area contributed by atoms with Crippen molar-refractivity contribution in [3.63, 3.8) is 0 Å². The third-order valence-electron chi connectivity index (χ3n) is 8.02. The molecule has 0 aliphatic rings. The van der Waals surface area contributed by atoms with Crippen LogP contribution in [0.5, 0.6) is 0 Å². The maximum Gasteiger partial charge on any atom is 0.410 e. The molecule has 0 atom stereocenters. The molecule has 0 aromatic carbocycles. The lowest BCUT2D eigenvalue weighted by molar-refractivity contribution is -0.0267. The summed E-state index contributed by atoms with van der Waals surface area (Å²) in [7, 11) is 1.69. The van der Waals surface area contributed by atoms with Crippen LogP contribution in [0.3, 0.4) is 0 Å². The molecule has 0 fully saturated rings. The lowest BCUT2D eigenvalue weighted by Gasteiger charge is -2.24. The summed E-state index contributed by atoms with van der Waals surface area (Å²) < 4.78 is 60.6. The molecule has 0 aliphatic heterocycles. The second-order valence-electron chi connectivity index (χ2n) is 14.3. The minimum Gasteiger partial charge on any atom is -0.444 e. The van der Waals surface area contributed by atoms with E-state index in [4.69, 9.17) is 52.1 Å². The summed E-state index contributed by atoms with van der Waals surface area (Å²) in [6.45, 7) is 18.9. The van der Waals surface area contributed by atoms with Crippen LogP contribution in [0.15, 0.2) is 0 Å². The number of rotatable bonds is 44. The van der Waals surface area contributed by atoms with Crippen molar-refractivity contribution < 1.29 is 56.9 Å². The number of amides is 1. The molecule has 0 radical (unpaired) electrons. The minimum absolute atomic E-state index is 0.360. The fourth-order valence-electron chi connectivity index (χ4n) is 4.94. The van der Waals surface area contributed by atoms with E-state index in [0.29, 0.717) is 132 Å². The minimum atomic E-state index is -0.508. The topological polar surface area (TPSA) is 122 Å². The van der Waals surface area contributed by atoms with E-state index in [1.54, 1.807) is 7.05 Å². The molecule has 0 N–H and O–H groups in total. The molecular weight excluding hydrogens is 698 g/mol. The van der Waals surface area contributed by atoms with Crippen LogP contribution >= 0.6 is 0 Å². The van der Waals surface area contributed by atoms with Crippen LogP contribution in [0.2, 0.25) is 0 Å². The highest BCUT2D eigenvalue weighted by Crippen LogP contribution is 2.12. The second kappa shape index (κ2) is 43.0. The normalized spacial score (nSPS) is 11.8. The van der Waals surface area contributed by atoms with Gasteiger partial charge in [0.05, 0.1) is 126 Å². The maximum atomic E-state index is 11.9. The van der Waals surface area contributed by atoms with Crippen molar-refractivity contribution in [2.45, 2.75) is 117 Å². The Bertz CT molecular complexity index is 743. The van der Waals surface area contributed by atoms with Gasteiger partial charge in [0.1, 0.15) is 5.60 Å². The van der Waals surface area contributed by atoms with Crippen LogP contribution in [0.4, 0.5) is 4.79 Å². The third-order valence-corrected chi connectivity index (χ3v) is 8.02. The average Bonchev–Trinajstić information content (AvgIpc) is 3.14. The van der Waals surface area contributed by atoms with Crippen molar-refractivity contribution in [3.05, 3.63) is 0 Å². The number of likely N-dealkylation sites (N-methyl/N-ethyl adjacent to an activating group) is 1. The van der Waals surface area contributed by atoms with Crippen LogP contribution in [0.1, 0.15) is 111 Å². The first-order valence-electron chi connectivity index (χ1n) is 21.1. The summed E-state index contributed by atoms with van der Waals surface area (Å²) in [5.41, 5.74) is -0.508. The molecule has 0 saturated heterocycles. The fourth-order valence-corrected chi connectivity index (χ4v) is 4.94. The number of hydrogen-bond acceptors (Lipinski definition) is 12. The van der Waals surface area contributed by atoms with E-state index in [9.17, 15) is 4.79 Å². The van der Waals surface area contributed by atoms with Gasteiger partial charge in [-0.05, 0) is 27.2 Å². The fraction of sp³-hybridized carbons (Fsp3) is 0.976. The third kappa shape index (κ3) is 45.3. The number of unbranched alkanes of at least 4 members (excludes halogenated alkanes) is 12. The summed E-state index contributed by atoms with van der Waals surface area (Å²) in [5.74, 6) is 0. The SMILES string of the molecule is CCCCCCCCCCCCCCCOCCOCCOCCOCCOCCOCCOCCOCCOCCOCCN(C)C(=O)OC(C)(C)C. The van der Waals surface area contributed by atoms with Crippen molar-refractivity contribution in [2.24, 2.45) is 0 Å². The Morgan fingerprint density at radius 3 is 0.889 bits per heavy atom. The van der Waals surface area contributed by atoms with Gasteiger partial charge in [-0.15, -0.1) is 0 Å². The van der Waals surface area contributed by atoms with Gasteiger partial charge in [-0.1, -0.05) is 84.0 Å². The lowest BCUT2D eigenvalue weighted by atomic mass is 10.0. The Morgan fingerprint density at radius 2 is 0.611 bits per heavy atom. The molecule has 0 aliphatic carbocycles. The van der Waals surface area contributed by atoms with Crippen LogP contribution in [-0.2, 0) is 52.1 Å². The Morgan fingerprint density at radius 1 is 0.370 bits per heavy atom. The maximum absolute atomic E-state index is 11.9. The largest absolute Gasteiger partial charge is 0.444 e. The Hall–Kier alpha value is -1.13. The molecule has 0 saturated carbocycles. The van der Waals surface area contributed by atoms with E-state index in [2.05, 4.69) is 6.92 Å². The van der Waals surface area contributed by atoms with E-state index >= 15 is 0 Å². The van der Waals surface area contributed by atoms with Gasteiger partial charge in [-0.2, -0.15) is 0 Å². The summed E-state index contributed by atoms with van der Waals surface area (Å²) in [6.07, 6.45) is 17.4. The molecule has 0 rings (SSSR count). The molecular formula is C41H83NO12. The number of ether oxygens (including phenoxy) is 11. The standard InChI is InChI=1S/C41H83NO12/c1-6-7-8-9-10-11-12-13-14-15-16-17-18-20-44-22-24-46-26-28-48-30-32-50-34-36-52-38-39-53-37-35-51-33-31-49-29-27-47-25-23-45-21-19-42(5)40(43)54-41(2,3)4/h6-39H2,1-5H3. The van der Waals surface area contributed by atoms with Gasteiger partial charge in [0.25, 0.3) is 0 Å². The van der Waals surface area contributed by atoms with Crippen molar-refractivity contribution >= 4 is 6.09 Å². The van der Waals surface area contributed by atoms with Crippen molar-refractivity contribution in [1.82, 2.24) is 4.90 Å². The first kappa shape index (κ1) is 52.9. The molecule has 0 spiro atoms. The predicted molar refractivity (Wildman–Crippen MR) is 213 cm³/mol. The van der Waals surface area contributed by atoms with E-state index in [1.807, 2.05) is 20.8 Å². The predicted octanol–water partition coefficient (Wildman–Crippen LogP) is 7.11. The van der Waals surface area contributed by atoms with E-state index < -0.39 is 5.60 Å². The Labute approximate surface area is 330 Å². The van der Waals surface area contributed by atoms with Crippen LogP contribution in [0.25, 0.3) is 0 Å². The average molecular weight is 782 g/mol. The zero-order chi connectivity index (χ0) is 39.5. The zero-order valence-electron chi connectivity index (χ0n) is 35.4. The van der Waals surface area contributed by atoms with Crippen LogP contribution in [-0.4, -0.2) is 162 Å². The Kier molecular flexibility index (Phi) is 42.1. The quantitative estimate of drug-likeness (QED) is 0.0586. The van der Waals surface area contributed by atoms with Gasteiger partial charge in [0.2, 0.25) is 0 Å². The smallest absolute Gasteiger partial charge is 0.410 e. The second-order valence-corrected chi connectivity index (χ2v) is 14.3. The number of carbonyl (C=O) groups is 1. The highest BCUT2D eigenvalue weighted by atomic mass is 16.6. The zero-order valence-corrected chi connectivity index (χ0v) is 35.4. The molecule has 0 aromatic heterocycles. The highest BCUT2D eigenvalue weighted by Gasteiger charge is 2.19. The van der Waals surface area contributed by atoms with E-state index in [0.717, 1.165) is 13.0 Å². The van der Waals surface area contributed by atoms with Gasteiger partial charge >= 0.3 is 6.09 Å². The summed E-state index contributed by atoms with van der Waals surface area (Å²) in [5, 5.41) is 0. The van der Waals surface area contributed by atoms with Gasteiger partial charge in [0.15, 0.2) is 0 Å². The summed E-state index contributed by atoms with van der Waals surface area (Å²) in [4.78, 5) is 13.4. The molecule has 0 aromatic rings. The summed E-state index contributed by atoms with van der Waals surface area (Å²) in [6, 6.07) is 0. The lowest BCUT2D eigenvalue weighted by Crippen LogP contribution is -2.36. The van der Waals surface area contributed by atoms with Crippen LogP contribution in [0, 0.1) is 0 Å². The molecule has 1 amide bonds. The van der Waals surface area contributed by atoms with Gasteiger partial charge in [-0.25, -0.2) is 4.79 Å². The number of hydrogen-bond donors (Lipinski definition) is 0. The molecule has 13 heteroatoms. The molecule has 54 heavy (non-hydrogen) atoms. The first-order valence-corrected chi connectivity index (χ1v) is 21.1. The van der Waals surface area contributed by atoms with Gasteiger partial charge < -0.3 is 57.0 Å². The summed E-state index contributed by atoms with van der Waals surface area (Å²) >= 11 is 0. The van der Waals surface area contributed by atoms with Crippen molar-refractivity contribution in [3.8, 4) is 0 Å². The number of carbonyl (C=O) groups excluding carboxylic acids is 1. The van der Waals surface area contributed by atoms with Crippen molar-refractivity contribution in [1.29, 1.82) is 0 Å². The first-order chi connectivity index (χ1) is 26.4. The monoisotopic (exact) mass is 782 g/mol. The van der Waals surface area contributed by atoms with Crippen LogP contribution < -0.4 is 0 Å². The molecule has 324 valence electrons. The molecule has 13 nitrogen and oxygen atoms in total. The van der Waals surface area contributed by atoms with Gasteiger partial charge in [0, 0.05) is 20.2 Å². The van der Waals surface area contributed by atoms with Gasteiger partial charge in [-0.3, -0.25) is 0 Å². The van der Waals surface area contributed by atoms with Crippen molar-refractivity contribution in [2.75, 3.05) is 146 Å².